The molecule has 1 aliphatic rings. The lowest BCUT2D eigenvalue weighted by Crippen LogP contribution is -2.47. The minimum absolute atomic E-state index is 0.144. The lowest BCUT2D eigenvalue weighted by Gasteiger charge is -2.30. The SMILES string of the molecule is CN(C)CCCN(C)C(=O)C1CNc2ccccc2N1. The smallest absolute Gasteiger partial charge is 0.246 e. The number of para-hydroxylation sites is 2. The molecule has 0 saturated carbocycles. The molecule has 0 fully saturated rings. The molecule has 0 bridgehead atoms. The van der Waals surface area contributed by atoms with Crippen molar-refractivity contribution in [2.24, 2.45) is 0 Å². The fourth-order valence-electron chi connectivity index (χ4n) is 2.36. The van der Waals surface area contributed by atoms with Gasteiger partial charge in [0.25, 0.3) is 0 Å². The van der Waals surface area contributed by atoms with Crippen molar-refractivity contribution in [2.45, 2.75) is 12.5 Å². The Morgan fingerprint density at radius 1 is 1.20 bits per heavy atom. The molecular weight excluding hydrogens is 252 g/mol. The van der Waals surface area contributed by atoms with E-state index >= 15 is 0 Å². The Labute approximate surface area is 120 Å². The van der Waals surface area contributed by atoms with Gasteiger partial charge in [0, 0.05) is 20.1 Å². The van der Waals surface area contributed by atoms with Gasteiger partial charge in [-0.05, 0) is 39.2 Å². The van der Waals surface area contributed by atoms with Crippen LogP contribution in [0.1, 0.15) is 6.42 Å². The van der Waals surface area contributed by atoms with Gasteiger partial charge >= 0.3 is 0 Å². The topological polar surface area (TPSA) is 47.6 Å². The third kappa shape index (κ3) is 3.63. The number of carbonyl (C=O) groups is 1. The van der Waals surface area contributed by atoms with Crippen LogP contribution < -0.4 is 10.6 Å². The van der Waals surface area contributed by atoms with Crippen LogP contribution in [-0.2, 0) is 4.79 Å². The molecule has 1 amide bonds. The third-order valence-electron chi connectivity index (χ3n) is 3.53. The molecular formula is C15H24N4O. The second-order valence-corrected chi connectivity index (χ2v) is 5.54. The van der Waals surface area contributed by atoms with Gasteiger partial charge in [-0.15, -0.1) is 0 Å². The van der Waals surface area contributed by atoms with Gasteiger partial charge in [0.2, 0.25) is 5.91 Å². The molecule has 5 heteroatoms. The number of likely N-dealkylation sites (N-methyl/N-ethyl adjacent to an activating group) is 1. The zero-order valence-corrected chi connectivity index (χ0v) is 12.5. The highest BCUT2D eigenvalue weighted by Gasteiger charge is 2.25. The lowest BCUT2D eigenvalue weighted by molar-refractivity contribution is -0.130. The zero-order valence-electron chi connectivity index (χ0n) is 12.5. The van der Waals surface area contributed by atoms with E-state index in [2.05, 4.69) is 15.5 Å². The Morgan fingerprint density at radius 3 is 2.60 bits per heavy atom. The van der Waals surface area contributed by atoms with Crippen LogP contribution in [0, 0.1) is 0 Å². The lowest BCUT2D eigenvalue weighted by atomic mass is 10.1. The molecule has 0 radical (unpaired) electrons. The average Bonchev–Trinajstić information content (AvgIpc) is 2.45. The van der Waals surface area contributed by atoms with Gasteiger partial charge in [-0.3, -0.25) is 4.79 Å². The first-order valence-electron chi connectivity index (χ1n) is 7.07. The van der Waals surface area contributed by atoms with Crippen molar-refractivity contribution >= 4 is 17.3 Å². The Kier molecular flexibility index (Phi) is 4.84. The van der Waals surface area contributed by atoms with Crippen molar-refractivity contribution < 1.29 is 4.79 Å². The van der Waals surface area contributed by atoms with Gasteiger partial charge < -0.3 is 20.4 Å². The van der Waals surface area contributed by atoms with E-state index in [9.17, 15) is 4.79 Å². The molecule has 0 spiro atoms. The Morgan fingerprint density at radius 2 is 1.90 bits per heavy atom. The van der Waals surface area contributed by atoms with Crippen LogP contribution in [0.15, 0.2) is 24.3 Å². The van der Waals surface area contributed by atoms with E-state index in [-0.39, 0.29) is 11.9 Å². The fourth-order valence-corrected chi connectivity index (χ4v) is 2.36. The summed E-state index contributed by atoms with van der Waals surface area (Å²) in [7, 11) is 5.97. The Bertz CT molecular complexity index is 461. The van der Waals surface area contributed by atoms with Crippen molar-refractivity contribution in [3.63, 3.8) is 0 Å². The summed E-state index contributed by atoms with van der Waals surface area (Å²) in [6.07, 6.45) is 0.992. The average molecular weight is 276 g/mol. The van der Waals surface area contributed by atoms with E-state index in [1.165, 1.54) is 0 Å². The second kappa shape index (κ2) is 6.61. The Hall–Kier alpha value is -1.75. The number of hydrogen-bond donors (Lipinski definition) is 2. The highest BCUT2D eigenvalue weighted by molar-refractivity contribution is 5.88. The van der Waals surface area contributed by atoms with Crippen LogP contribution in [0.2, 0.25) is 0 Å². The van der Waals surface area contributed by atoms with Crippen LogP contribution in [0.4, 0.5) is 11.4 Å². The van der Waals surface area contributed by atoms with E-state index in [0.717, 1.165) is 30.9 Å². The van der Waals surface area contributed by atoms with Gasteiger partial charge in [0.1, 0.15) is 6.04 Å². The number of benzene rings is 1. The molecule has 1 atom stereocenters. The summed E-state index contributed by atoms with van der Waals surface area (Å²) >= 11 is 0. The first kappa shape index (κ1) is 14.7. The number of nitrogens with zero attached hydrogens (tertiary/aromatic N) is 2. The van der Waals surface area contributed by atoms with Crippen molar-refractivity contribution in [1.29, 1.82) is 0 Å². The molecule has 2 N–H and O–H groups in total. The third-order valence-corrected chi connectivity index (χ3v) is 3.53. The number of anilines is 2. The maximum atomic E-state index is 12.4. The van der Waals surface area contributed by atoms with Crippen molar-refractivity contribution in [3.8, 4) is 0 Å². The highest BCUT2D eigenvalue weighted by atomic mass is 16.2. The summed E-state index contributed by atoms with van der Waals surface area (Å²) in [5.41, 5.74) is 2.06. The van der Waals surface area contributed by atoms with Crippen LogP contribution in [0.5, 0.6) is 0 Å². The molecule has 1 aromatic carbocycles. The Balaban J connectivity index is 1.87. The first-order chi connectivity index (χ1) is 9.58. The molecule has 20 heavy (non-hydrogen) atoms. The van der Waals surface area contributed by atoms with Gasteiger partial charge in [-0.25, -0.2) is 0 Å². The minimum atomic E-state index is -0.186. The fraction of sp³-hybridized carbons (Fsp3) is 0.533. The van der Waals surface area contributed by atoms with E-state index in [1.807, 2.05) is 50.3 Å². The molecule has 1 unspecified atom stereocenters. The summed E-state index contributed by atoms with van der Waals surface area (Å²) in [6, 6.07) is 7.79. The number of fused-ring (bicyclic) bond motifs is 1. The van der Waals surface area contributed by atoms with Gasteiger partial charge in [0.15, 0.2) is 0 Å². The molecule has 110 valence electrons. The number of nitrogens with one attached hydrogen (secondary N) is 2. The number of carbonyl (C=O) groups excluding carboxylic acids is 1. The predicted octanol–water partition coefficient (Wildman–Crippen LogP) is 1.30. The maximum Gasteiger partial charge on any atom is 0.246 e. The summed E-state index contributed by atoms with van der Waals surface area (Å²) in [5, 5.41) is 6.62. The predicted molar refractivity (Wildman–Crippen MR) is 83.2 cm³/mol. The van der Waals surface area contributed by atoms with Crippen LogP contribution in [0.3, 0.4) is 0 Å². The molecule has 2 rings (SSSR count). The first-order valence-corrected chi connectivity index (χ1v) is 7.07. The summed E-state index contributed by atoms with van der Waals surface area (Å²) < 4.78 is 0. The number of amides is 1. The van der Waals surface area contributed by atoms with E-state index < -0.39 is 0 Å². The van der Waals surface area contributed by atoms with Crippen molar-refractivity contribution in [3.05, 3.63) is 24.3 Å². The van der Waals surface area contributed by atoms with Crippen molar-refractivity contribution in [2.75, 3.05) is 51.4 Å². The van der Waals surface area contributed by atoms with E-state index in [1.54, 1.807) is 0 Å². The minimum Gasteiger partial charge on any atom is -0.381 e. The quantitative estimate of drug-likeness (QED) is 0.851. The maximum absolute atomic E-state index is 12.4. The van der Waals surface area contributed by atoms with E-state index in [0.29, 0.717) is 6.54 Å². The zero-order chi connectivity index (χ0) is 14.5. The number of hydrogen-bond acceptors (Lipinski definition) is 4. The molecule has 0 saturated heterocycles. The molecule has 5 nitrogen and oxygen atoms in total. The highest BCUT2D eigenvalue weighted by Crippen LogP contribution is 2.25. The molecule has 0 aliphatic carbocycles. The van der Waals surface area contributed by atoms with Crippen LogP contribution >= 0.6 is 0 Å². The summed E-state index contributed by atoms with van der Waals surface area (Å²) in [4.78, 5) is 16.3. The van der Waals surface area contributed by atoms with Crippen molar-refractivity contribution in [1.82, 2.24) is 9.80 Å². The normalized spacial score (nSPS) is 17.1. The monoisotopic (exact) mass is 276 g/mol. The van der Waals surface area contributed by atoms with Crippen LogP contribution in [0.25, 0.3) is 0 Å². The largest absolute Gasteiger partial charge is 0.381 e. The van der Waals surface area contributed by atoms with E-state index in [4.69, 9.17) is 0 Å². The molecule has 0 aromatic heterocycles. The summed E-state index contributed by atoms with van der Waals surface area (Å²) in [5.74, 6) is 0.144. The van der Waals surface area contributed by atoms with Gasteiger partial charge in [0.05, 0.1) is 11.4 Å². The standard InChI is InChI=1S/C15H24N4O/c1-18(2)9-6-10-19(3)15(20)14-11-16-12-7-4-5-8-13(12)17-14/h4-5,7-8,14,16-17H,6,9-11H2,1-3H3. The number of rotatable bonds is 5. The second-order valence-electron chi connectivity index (χ2n) is 5.54. The molecule has 1 aliphatic heterocycles. The van der Waals surface area contributed by atoms with Gasteiger partial charge in [-0.2, -0.15) is 0 Å². The molecule has 1 aromatic rings. The van der Waals surface area contributed by atoms with Crippen LogP contribution in [-0.4, -0.2) is 62.5 Å². The molecule has 1 heterocycles. The summed E-state index contributed by atoms with van der Waals surface area (Å²) in [6.45, 7) is 2.42. The van der Waals surface area contributed by atoms with Gasteiger partial charge in [-0.1, -0.05) is 12.1 Å².